The van der Waals surface area contributed by atoms with Crippen molar-refractivity contribution in [2.24, 2.45) is 0 Å². The van der Waals surface area contributed by atoms with E-state index in [1.165, 1.54) is 0 Å². The maximum atomic E-state index is 11.7. The summed E-state index contributed by atoms with van der Waals surface area (Å²) in [5.74, 6) is -0.656. The molecule has 22 heavy (non-hydrogen) atoms. The Morgan fingerprint density at radius 1 is 0.955 bits per heavy atom. The molecule has 2 aromatic carbocycles. The van der Waals surface area contributed by atoms with Crippen molar-refractivity contribution in [2.75, 3.05) is 6.54 Å². The number of esters is 1. The number of benzene rings is 2. The molecule has 0 aliphatic carbocycles. The molecule has 0 aromatic heterocycles. The molecule has 0 spiro atoms. The number of hydrogen-bond donors (Lipinski definition) is 1. The third kappa shape index (κ3) is 5.69. The van der Waals surface area contributed by atoms with E-state index in [4.69, 9.17) is 4.74 Å². The molecular formula is C17H16BrNO3. The summed E-state index contributed by atoms with van der Waals surface area (Å²) in [7, 11) is 0. The van der Waals surface area contributed by atoms with E-state index in [-0.39, 0.29) is 25.5 Å². The highest BCUT2D eigenvalue weighted by Crippen LogP contribution is 2.11. The standard InChI is InChI=1S/C17H16BrNO3/c18-15-8-6-14(7-9-15)12-22-17(21)11-19-16(20)10-13-4-2-1-3-5-13/h1-9H,10-12H2,(H,19,20). The number of halogens is 1. The lowest BCUT2D eigenvalue weighted by molar-refractivity contribution is -0.145. The Kier molecular flexibility index (Phi) is 6.15. The van der Waals surface area contributed by atoms with Gasteiger partial charge in [-0.1, -0.05) is 58.4 Å². The molecule has 0 radical (unpaired) electrons. The molecule has 0 saturated heterocycles. The summed E-state index contributed by atoms with van der Waals surface area (Å²) in [5, 5.41) is 2.56. The second-order valence-corrected chi connectivity index (χ2v) is 5.64. The minimum atomic E-state index is -0.454. The molecule has 4 nitrogen and oxygen atoms in total. The summed E-state index contributed by atoms with van der Waals surface area (Å²) in [6, 6.07) is 16.9. The van der Waals surface area contributed by atoms with E-state index in [0.29, 0.717) is 0 Å². The van der Waals surface area contributed by atoms with Gasteiger partial charge in [-0.15, -0.1) is 0 Å². The van der Waals surface area contributed by atoms with Crippen LogP contribution in [0, 0.1) is 0 Å². The Balaban J connectivity index is 1.69. The number of hydrogen-bond acceptors (Lipinski definition) is 3. The van der Waals surface area contributed by atoms with Crippen LogP contribution in [0.1, 0.15) is 11.1 Å². The van der Waals surface area contributed by atoms with Crippen LogP contribution in [0.4, 0.5) is 0 Å². The van der Waals surface area contributed by atoms with Crippen LogP contribution in [-0.2, 0) is 27.4 Å². The highest BCUT2D eigenvalue weighted by Gasteiger charge is 2.07. The van der Waals surface area contributed by atoms with Gasteiger partial charge in [0.2, 0.25) is 5.91 Å². The Hall–Kier alpha value is -2.14. The van der Waals surface area contributed by atoms with E-state index in [9.17, 15) is 9.59 Å². The van der Waals surface area contributed by atoms with Gasteiger partial charge in [0, 0.05) is 4.47 Å². The molecule has 5 heteroatoms. The average Bonchev–Trinajstić information content (AvgIpc) is 2.53. The lowest BCUT2D eigenvalue weighted by Crippen LogP contribution is -2.31. The van der Waals surface area contributed by atoms with E-state index in [0.717, 1.165) is 15.6 Å². The lowest BCUT2D eigenvalue weighted by atomic mass is 10.1. The van der Waals surface area contributed by atoms with Crippen LogP contribution in [-0.4, -0.2) is 18.4 Å². The second-order valence-electron chi connectivity index (χ2n) is 4.73. The molecule has 0 unspecified atom stereocenters. The maximum absolute atomic E-state index is 11.7. The number of carbonyl (C=O) groups excluding carboxylic acids is 2. The Morgan fingerprint density at radius 3 is 2.32 bits per heavy atom. The second kappa shape index (κ2) is 8.34. The fraction of sp³-hybridized carbons (Fsp3) is 0.176. The summed E-state index contributed by atoms with van der Waals surface area (Å²) >= 11 is 3.34. The summed E-state index contributed by atoms with van der Waals surface area (Å²) < 4.78 is 6.07. The third-order valence-corrected chi connectivity index (χ3v) is 3.48. The van der Waals surface area contributed by atoms with Gasteiger partial charge < -0.3 is 10.1 Å². The molecule has 1 N–H and O–H groups in total. The number of carbonyl (C=O) groups is 2. The van der Waals surface area contributed by atoms with Gasteiger partial charge in [-0.25, -0.2) is 0 Å². The van der Waals surface area contributed by atoms with Crippen molar-refractivity contribution in [2.45, 2.75) is 13.0 Å². The highest BCUT2D eigenvalue weighted by molar-refractivity contribution is 9.10. The van der Waals surface area contributed by atoms with Crippen LogP contribution >= 0.6 is 15.9 Å². The normalized spacial score (nSPS) is 10.0. The number of ether oxygens (including phenoxy) is 1. The molecule has 2 aromatic rings. The Morgan fingerprint density at radius 2 is 1.64 bits per heavy atom. The molecule has 0 fully saturated rings. The van der Waals surface area contributed by atoms with Crippen molar-refractivity contribution in [3.63, 3.8) is 0 Å². The first-order valence-electron chi connectivity index (χ1n) is 6.84. The van der Waals surface area contributed by atoms with Gasteiger partial charge in [0.15, 0.2) is 0 Å². The summed E-state index contributed by atoms with van der Waals surface area (Å²) in [5.41, 5.74) is 1.80. The maximum Gasteiger partial charge on any atom is 0.325 e. The van der Waals surface area contributed by atoms with Gasteiger partial charge >= 0.3 is 5.97 Å². The molecule has 0 heterocycles. The molecule has 114 valence electrons. The lowest BCUT2D eigenvalue weighted by Gasteiger charge is -2.07. The van der Waals surface area contributed by atoms with Crippen molar-refractivity contribution in [3.05, 3.63) is 70.2 Å². The van der Waals surface area contributed by atoms with Gasteiger partial charge in [-0.2, -0.15) is 0 Å². The molecule has 0 atom stereocenters. The largest absolute Gasteiger partial charge is 0.460 e. The highest BCUT2D eigenvalue weighted by atomic mass is 79.9. The van der Waals surface area contributed by atoms with Crippen molar-refractivity contribution < 1.29 is 14.3 Å². The summed E-state index contributed by atoms with van der Waals surface area (Å²) in [6.07, 6.45) is 0.251. The molecule has 0 saturated carbocycles. The Labute approximate surface area is 137 Å². The average molecular weight is 362 g/mol. The minimum Gasteiger partial charge on any atom is -0.460 e. The van der Waals surface area contributed by atoms with Crippen LogP contribution in [0.15, 0.2) is 59.1 Å². The molecule has 0 aliphatic heterocycles. The van der Waals surface area contributed by atoms with E-state index >= 15 is 0 Å². The van der Waals surface area contributed by atoms with Crippen molar-refractivity contribution in [1.29, 1.82) is 0 Å². The first-order valence-corrected chi connectivity index (χ1v) is 7.63. The zero-order valence-corrected chi connectivity index (χ0v) is 13.5. The summed E-state index contributed by atoms with van der Waals surface area (Å²) in [6.45, 7) is 0.0723. The van der Waals surface area contributed by atoms with Crippen LogP contribution in [0.25, 0.3) is 0 Å². The Bertz CT molecular complexity index is 626. The molecule has 2 rings (SSSR count). The molecular weight excluding hydrogens is 346 g/mol. The molecule has 1 amide bonds. The van der Waals surface area contributed by atoms with Gasteiger partial charge in [-0.05, 0) is 23.3 Å². The first-order chi connectivity index (χ1) is 10.6. The van der Waals surface area contributed by atoms with E-state index < -0.39 is 5.97 Å². The predicted molar refractivity (Wildman–Crippen MR) is 87.1 cm³/mol. The fourth-order valence-electron chi connectivity index (χ4n) is 1.81. The quantitative estimate of drug-likeness (QED) is 0.804. The van der Waals surface area contributed by atoms with Gasteiger partial charge in [0.1, 0.15) is 13.2 Å². The SMILES string of the molecule is O=C(Cc1ccccc1)NCC(=O)OCc1ccc(Br)cc1. The zero-order chi connectivity index (χ0) is 15.8. The van der Waals surface area contributed by atoms with Crippen molar-refractivity contribution >= 4 is 27.8 Å². The zero-order valence-electron chi connectivity index (χ0n) is 11.9. The van der Waals surface area contributed by atoms with Crippen molar-refractivity contribution in [3.8, 4) is 0 Å². The fourth-order valence-corrected chi connectivity index (χ4v) is 2.07. The molecule has 0 bridgehead atoms. The van der Waals surface area contributed by atoms with E-state index in [2.05, 4.69) is 21.2 Å². The smallest absolute Gasteiger partial charge is 0.325 e. The van der Waals surface area contributed by atoms with Gasteiger partial charge in [0.25, 0.3) is 0 Å². The minimum absolute atomic E-state index is 0.123. The van der Waals surface area contributed by atoms with E-state index in [1.807, 2.05) is 54.6 Å². The first kappa shape index (κ1) is 16.2. The number of nitrogens with one attached hydrogen (secondary N) is 1. The third-order valence-electron chi connectivity index (χ3n) is 2.95. The monoisotopic (exact) mass is 361 g/mol. The predicted octanol–water partition coefficient (Wildman–Crippen LogP) is 2.85. The van der Waals surface area contributed by atoms with Gasteiger partial charge in [0.05, 0.1) is 6.42 Å². The van der Waals surface area contributed by atoms with Crippen LogP contribution in [0.2, 0.25) is 0 Å². The van der Waals surface area contributed by atoms with Gasteiger partial charge in [-0.3, -0.25) is 9.59 Å². The molecule has 0 aliphatic rings. The van der Waals surface area contributed by atoms with Crippen LogP contribution in [0.3, 0.4) is 0 Å². The summed E-state index contributed by atoms with van der Waals surface area (Å²) in [4.78, 5) is 23.3. The topological polar surface area (TPSA) is 55.4 Å². The van der Waals surface area contributed by atoms with Crippen LogP contribution in [0.5, 0.6) is 0 Å². The van der Waals surface area contributed by atoms with Crippen LogP contribution < -0.4 is 5.32 Å². The number of rotatable bonds is 6. The van der Waals surface area contributed by atoms with Crippen molar-refractivity contribution in [1.82, 2.24) is 5.32 Å². The number of amides is 1. The van der Waals surface area contributed by atoms with E-state index in [1.54, 1.807) is 0 Å².